The van der Waals surface area contributed by atoms with E-state index in [0.717, 1.165) is 19.4 Å². The van der Waals surface area contributed by atoms with Crippen molar-refractivity contribution < 1.29 is 14.3 Å². The highest BCUT2D eigenvalue weighted by atomic mass is 35.5. The molecule has 6 heteroatoms. The maximum absolute atomic E-state index is 11.4. The molecule has 1 saturated heterocycles. The van der Waals surface area contributed by atoms with Crippen LogP contribution >= 0.6 is 12.4 Å². The molecule has 1 rings (SSSR count). The standard InChI is InChI=1S/C9H18N2O3.ClH/c1-13-6-8(10)9(12)11-7-3-2-4-14-5-7;/h7-8H,2-6,10H2,1H3,(H,11,12);1H. The van der Waals surface area contributed by atoms with E-state index in [1.54, 1.807) is 0 Å². The molecule has 2 atom stereocenters. The average molecular weight is 239 g/mol. The quantitative estimate of drug-likeness (QED) is 0.704. The number of amides is 1. The molecular weight excluding hydrogens is 220 g/mol. The Balaban J connectivity index is 0.00000196. The van der Waals surface area contributed by atoms with Gasteiger partial charge < -0.3 is 20.5 Å². The number of nitrogens with two attached hydrogens (primary N) is 1. The number of halogens is 1. The van der Waals surface area contributed by atoms with Gasteiger partial charge in [0.1, 0.15) is 6.04 Å². The molecule has 0 spiro atoms. The summed E-state index contributed by atoms with van der Waals surface area (Å²) >= 11 is 0. The Morgan fingerprint density at radius 2 is 2.47 bits per heavy atom. The lowest BCUT2D eigenvalue weighted by atomic mass is 10.1. The van der Waals surface area contributed by atoms with Crippen molar-refractivity contribution in [2.75, 3.05) is 26.9 Å². The van der Waals surface area contributed by atoms with Crippen LogP contribution in [0.25, 0.3) is 0 Å². The van der Waals surface area contributed by atoms with Crippen LogP contribution in [-0.2, 0) is 14.3 Å². The van der Waals surface area contributed by atoms with Crippen LogP contribution in [0, 0.1) is 0 Å². The predicted molar refractivity (Wildman–Crippen MR) is 59.1 cm³/mol. The predicted octanol–water partition coefficient (Wildman–Crippen LogP) is -0.323. The van der Waals surface area contributed by atoms with Crippen LogP contribution in [0.2, 0.25) is 0 Å². The van der Waals surface area contributed by atoms with Gasteiger partial charge in [0, 0.05) is 13.7 Å². The van der Waals surface area contributed by atoms with Crippen LogP contribution in [-0.4, -0.2) is 44.9 Å². The van der Waals surface area contributed by atoms with Crippen molar-refractivity contribution in [3.8, 4) is 0 Å². The van der Waals surface area contributed by atoms with Gasteiger partial charge >= 0.3 is 0 Å². The summed E-state index contributed by atoms with van der Waals surface area (Å²) in [5, 5.41) is 2.83. The lowest BCUT2D eigenvalue weighted by molar-refractivity contribution is -0.125. The molecule has 5 nitrogen and oxygen atoms in total. The first-order chi connectivity index (χ1) is 6.74. The average Bonchev–Trinajstić information content (AvgIpc) is 2.19. The highest BCUT2D eigenvalue weighted by Gasteiger charge is 2.19. The third kappa shape index (κ3) is 5.32. The smallest absolute Gasteiger partial charge is 0.239 e. The van der Waals surface area contributed by atoms with Gasteiger partial charge in [0.25, 0.3) is 0 Å². The molecule has 1 aliphatic rings. The number of carbonyl (C=O) groups is 1. The van der Waals surface area contributed by atoms with Crippen molar-refractivity contribution in [3.05, 3.63) is 0 Å². The van der Waals surface area contributed by atoms with Crippen LogP contribution in [0.4, 0.5) is 0 Å². The summed E-state index contributed by atoms with van der Waals surface area (Å²) in [6, 6.07) is -0.471. The SMILES string of the molecule is COCC(N)C(=O)NC1CCCOC1.Cl. The maximum Gasteiger partial charge on any atom is 0.239 e. The van der Waals surface area contributed by atoms with E-state index in [0.29, 0.717) is 6.61 Å². The molecule has 15 heavy (non-hydrogen) atoms. The van der Waals surface area contributed by atoms with Crippen LogP contribution in [0.5, 0.6) is 0 Å². The Bertz CT molecular complexity index is 186. The van der Waals surface area contributed by atoms with Crippen molar-refractivity contribution in [1.82, 2.24) is 5.32 Å². The highest BCUT2D eigenvalue weighted by molar-refractivity contribution is 5.85. The molecule has 0 aromatic rings. The summed E-state index contributed by atoms with van der Waals surface area (Å²) in [5.74, 6) is -0.164. The Hall–Kier alpha value is -0.360. The molecule has 2 unspecified atom stereocenters. The summed E-state index contributed by atoms with van der Waals surface area (Å²) in [6.45, 7) is 1.63. The fraction of sp³-hybridized carbons (Fsp3) is 0.889. The first-order valence-corrected chi connectivity index (χ1v) is 4.86. The Morgan fingerprint density at radius 1 is 1.73 bits per heavy atom. The van der Waals surface area contributed by atoms with Crippen molar-refractivity contribution in [2.24, 2.45) is 5.73 Å². The molecule has 1 amide bonds. The maximum atomic E-state index is 11.4. The van der Waals surface area contributed by atoms with Crippen molar-refractivity contribution >= 4 is 18.3 Å². The van der Waals surface area contributed by atoms with Gasteiger partial charge in [-0.3, -0.25) is 4.79 Å². The largest absolute Gasteiger partial charge is 0.383 e. The fourth-order valence-electron chi connectivity index (χ4n) is 1.42. The van der Waals surface area contributed by atoms with Gasteiger partial charge in [-0.05, 0) is 12.8 Å². The molecule has 0 aliphatic carbocycles. The summed E-state index contributed by atoms with van der Waals surface area (Å²) in [5.41, 5.74) is 5.57. The summed E-state index contributed by atoms with van der Waals surface area (Å²) < 4.78 is 10.0. The van der Waals surface area contributed by atoms with E-state index in [2.05, 4.69) is 5.32 Å². The topological polar surface area (TPSA) is 73.6 Å². The van der Waals surface area contributed by atoms with Gasteiger partial charge in [0.2, 0.25) is 5.91 Å². The van der Waals surface area contributed by atoms with E-state index < -0.39 is 6.04 Å². The first kappa shape index (κ1) is 14.6. The third-order valence-electron chi connectivity index (χ3n) is 2.19. The van der Waals surface area contributed by atoms with E-state index in [9.17, 15) is 4.79 Å². The van der Waals surface area contributed by atoms with E-state index in [1.807, 2.05) is 0 Å². The monoisotopic (exact) mass is 238 g/mol. The van der Waals surface area contributed by atoms with Gasteiger partial charge in [-0.1, -0.05) is 0 Å². The zero-order valence-corrected chi connectivity index (χ0v) is 9.72. The number of methoxy groups -OCH3 is 1. The number of ether oxygens (including phenoxy) is 2. The molecule has 0 aromatic heterocycles. The zero-order valence-electron chi connectivity index (χ0n) is 8.90. The minimum absolute atomic E-state index is 0. The van der Waals surface area contributed by atoms with E-state index in [-0.39, 0.29) is 31.0 Å². The Kier molecular flexibility index (Phi) is 7.68. The molecule has 1 fully saturated rings. The molecular formula is C9H19ClN2O3. The van der Waals surface area contributed by atoms with E-state index >= 15 is 0 Å². The second kappa shape index (κ2) is 7.87. The van der Waals surface area contributed by atoms with Gasteiger partial charge in [-0.2, -0.15) is 0 Å². The second-order valence-electron chi connectivity index (χ2n) is 3.48. The molecule has 0 radical (unpaired) electrons. The van der Waals surface area contributed by atoms with Gasteiger partial charge in [0.05, 0.1) is 19.3 Å². The lowest BCUT2D eigenvalue weighted by Gasteiger charge is -2.24. The molecule has 90 valence electrons. The van der Waals surface area contributed by atoms with Crippen LogP contribution in [0.3, 0.4) is 0 Å². The first-order valence-electron chi connectivity index (χ1n) is 4.86. The number of nitrogens with one attached hydrogen (secondary N) is 1. The van der Waals surface area contributed by atoms with Gasteiger partial charge in [-0.25, -0.2) is 0 Å². The van der Waals surface area contributed by atoms with Crippen LogP contribution in [0.15, 0.2) is 0 Å². The summed E-state index contributed by atoms with van der Waals surface area (Å²) in [4.78, 5) is 11.4. The third-order valence-corrected chi connectivity index (χ3v) is 2.19. The van der Waals surface area contributed by atoms with Gasteiger partial charge in [-0.15, -0.1) is 12.4 Å². The molecule has 0 aromatic carbocycles. The highest BCUT2D eigenvalue weighted by Crippen LogP contribution is 2.05. The number of carbonyl (C=O) groups excluding carboxylic acids is 1. The Labute approximate surface area is 96.1 Å². The fourth-order valence-corrected chi connectivity index (χ4v) is 1.42. The van der Waals surface area contributed by atoms with Crippen molar-refractivity contribution in [3.63, 3.8) is 0 Å². The summed E-state index contributed by atoms with van der Waals surface area (Å²) in [6.07, 6.45) is 1.95. The molecule has 0 bridgehead atoms. The minimum Gasteiger partial charge on any atom is -0.383 e. The normalized spacial score (nSPS) is 22.7. The molecule has 1 heterocycles. The van der Waals surface area contributed by atoms with Crippen LogP contribution in [0.1, 0.15) is 12.8 Å². The molecule has 0 saturated carbocycles. The second-order valence-corrected chi connectivity index (χ2v) is 3.48. The van der Waals surface area contributed by atoms with Crippen molar-refractivity contribution in [1.29, 1.82) is 0 Å². The molecule has 1 aliphatic heterocycles. The lowest BCUT2D eigenvalue weighted by Crippen LogP contribution is -2.49. The molecule has 3 N–H and O–H groups in total. The Morgan fingerprint density at radius 3 is 3.00 bits per heavy atom. The van der Waals surface area contributed by atoms with E-state index in [1.165, 1.54) is 7.11 Å². The van der Waals surface area contributed by atoms with Gasteiger partial charge in [0.15, 0.2) is 0 Å². The summed E-state index contributed by atoms with van der Waals surface area (Å²) in [7, 11) is 1.52. The van der Waals surface area contributed by atoms with Crippen molar-refractivity contribution in [2.45, 2.75) is 24.9 Å². The number of hydrogen-bond donors (Lipinski definition) is 2. The van der Waals surface area contributed by atoms with E-state index in [4.69, 9.17) is 15.2 Å². The number of rotatable bonds is 4. The zero-order chi connectivity index (χ0) is 10.4. The number of hydrogen-bond acceptors (Lipinski definition) is 4. The minimum atomic E-state index is -0.582. The van der Waals surface area contributed by atoms with Crippen LogP contribution < -0.4 is 11.1 Å².